The van der Waals surface area contributed by atoms with Crippen molar-refractivity contribution in [2.45, 2.75) is 30.9 Å². The van der Waals surface area contributed by atoms with E-state index in [0.717, 1.165) is 6.42 Å². The average Bonchev–Trinajstić information content (AvgIpc) is 2.36. The zero-order valence-corrected chi connectivity index (χ0v) is 11.9. The number of nitrogens with one attached hydrogen (secondary N) is 1. The van der Waals surface area contributed by atoms with Gasteiger partial charge in [-0.2, -0.15) is 18.0 Å². The fourth-order valence-corrected chi connectivity index (χ4v) is 3.76. The van der Waals surface area contributed by atoms with Crippen molar-refractivity contribution in [3.8, 4) is 6.07 Å². The second-order valence-corrected chi connectivity index (χ2v) is 7.05. The highest BCUT2D eigenvalue weighted by molar-refractivity contribution is 8.00. The molecule has 1 saturated heterocycles. The molecular formula is C10H19N3O2S2. The Morgan fingerprint density at radius 2 is 2.06 bits per heavy atom. The molecule has 7 heteroatoms. The molecule has 0 spiro atoms. The Kier molecular flexibility index (Phi) is 5.25. The highest BCUT2D eigenvalue weighted by Gasteiger charge is 2.37. The Balaban J connectivity index is 2.61. The van der Waals surface area contributed by atoms with Crippen molar-refractivity contribution in [3.05, 3.63) is 0 Å². The van der Waals surface area contributed by atoms with Crippen molar-refractivity contribution < 1.29 is 8.42 Å². The van der Waals surface area contributed by atoms with Crippen LogP contribution in [0.25, 0.3) is 0 Å². The smallest absolute Gasteiger partial charge is 0.202 e. The van der Waals surface area contributed by atoms with Crippen LogP contribution in [-0.2, 0) is 10.2 Å². The summed E-state index contributed by atoms with van der Waals surface area (Å²) in [6.07, 6.45) is 3.87. The van der Waals surface area contributed by atoms with Crippen LogP contribution in [0.5, 0.6) is 0 Å². The molecule has 1 aliphatic rings. The van der Waals surface area contributed by atoms with Gasteiger partial charge in [0.05, 0.1) is 6.07 Å². The summed E-state index contributed by atoms with van der Waals surface area (Å²) in [5.74, 6) is 0. The first-order valence-electron chi connectivity index (χ1n) is 5.71. The van der Waals surface area contributed by atoms with Gasteiger partial charge < -0.3 is 0 Å². The van der Waals surface area contributed by atoms with E-state index in [-0.39, 0.29) is 0 Å². The minimum Gasteiger partial charge on any atom is -0.202 e. The molecule has 0 amide bonds. The molecule has 1 heterocycles. The van der Waals surface area contributed by atoms with E-state index in [1.807, 2.05) is 13.2 Å². The largest absolute Gasteiger partial charge is 0.279 e. The Morgan fingerprint density at radius 3 is 2.47 bits per heavy atom. The molecular weight excluding hydrogens is 258 g/mol. The highest BCUT2D eigenvalue weighted by Crippen LogP contribution is 2.34. The maximum atomic E-state index is 11.9. The number of nitriles is 1. The maximum absolute atomic E-state index is 11.9. The minimum atomic E-state index is -3.35. The molecule has 0 saturated carbocycles. The molecule has 0 unspecified atom stereocenters. The van der Waals surface area contributed by atoms with Crippen LogP contribution in [0.4, 0.5) is 0 Å². The molecule has 0 atom stereocenters. The van der Waals surface area contributed by atoms with Crippen LogP contribution >= 0.6 is 11.8 Å². The van der Waals surface area contributed by atoms with Gasteiger partial charge in [-0.25, -0.2) is 4.72 Å². The molecule has 5 nitrogen and oxygen atoms in total. The van der Waals surface area contributed by atoms with Gasteiger partial charge in [0.2, 0.25) is 0 Å². The van der Waals surface area contributed by atoms with Gasteiger partial charge in [0, 0.05) is 19.6 Å². The van der Waals surface area contributed by atoms with Crippen molar-refractivity contribution in [2.24, 2.45) is 0 Å². The summed E-state index contributed by atoms with van der Waals surface area (Å²) in [6.45, 7) is 3.23. The Morgan fingerprint density at radius 1 is 1.47 bits per heavy atom. The van der Waals surface area contributed by atoms with Gasteiger partial charge >= 0.3 is 0 Å². The number of rotatable bonds is 5. The van der Waals surface area contributed by atoms with E-state index in [0.29, 0.717) is 32.5 Å². The summed E-state index contributed by atoms with van der Waals surface area (Å²) in [4.78, 5) is 0. The Bertz CT molecular complexity index is 381. The van der Waals surface area contributed by atoms with Crippen LogP contribution in [0.1, 0.15) is 26.2 Å². The standard InChI is InChI=1S/C10H19N3O2S2/c1-3-6-12-17(14,15)13-7-4-10(9-11,16-2)5-8-13/h12H,3-8H2,1-2H3. The normalized spacial score (nSPS) is 21.0. The first-order chi connectivity index (χ1) is 7.99. The van der Waals surface area contributed by atoms with Crippen LogP contribution in [-0.4, -0.2) is 43.4 Å². The third kappa shape index (κ3) is 3.58. The lowest BCUT2D eigenvalue weighted by atomic mass is 9.99. The second-order valence-electron chi connectivity index (χ2n) is 4.11. The van der Waals surface area contributed by atoms with E-state index in [4.69, 9.17) is 5.26 Å². The number of hydrogen-bond donors (Lipinski definition) is 1. The van der Waals surface area contributed by atoms with E-state index in [9.17, 15) is 8.42 Å². The van der Waals surface area contributed by atoms with Gasteiger partial charge in [-0.15, -0.1) is 11.8 Å². The lowest BCUT2D eigenvalue weighted by Crippen LogP contribution is -2.48. The van der Waals surface area contributed by atoms with Gasteiger partial charge in [0.25, 0.3) is 10.2 Å². The topological polar surface area (TPSA) is 73.2 Å². The van der Waals surface area contributed by atoms with Crippen LogP contribution < -0.4 is 4.72 Å². The van der Waals surface area contributed by atoms with Crippen molar-refractivity contribution in [3.63, 3.8) is 0 Å². The maximum Gasteiger partial charge on any atom is 0.279 e. The fraction of sp³-hybridized carbons (Fsp3) is 0.900. The quantitative estimate of drug-likeness (QED) is 0.812. The van der Waals surface area contributed by atoms with Gasteiger partial charge in [-0.05, 0) is 25.5 Å². The summed E-state index contributed by atoms with van der Waals surface area (Å²) in [5.41, 5.74) is 0. The summed E-state index contributed by atoms with van der Waals surface area (Å²) in [5, 5.41) is 9.12. The molecule has 0 bridgehead atoms. The predicted octanol–water partition coefficient (Wildman–Crippen LogP) is 0.952. The van der Waals surface area contributed by atoms with Crippen molar-refractivity contribution in [2.75, 3.05) is 25.9 Å². The molecule has 1 rings (SSSR count). The number of nitrogens with zero attached hydrogens (tertiary/aromatic N) is 2. The minimum absolute atomic E-state index is 0.406. The van der Waals surface area contributed by atoms with E-state index in [1.165, 1.54) is 16.1 Å². The molecule has 0 aliphatic carbocycles. The van der Waals surface area contributed by atoms with Gasteiger partial charge in [-0.3, -0.25) is 0 Å². The van der Waals surface area contributed by atoms with Crippen molar-refractivity contribution >= 4 is 22.0 Å². The molecule has 1 N–H and O–H groups in total. The lowest BCUT2D eigenvalue weighted by molar-refractivity contribution is 0.323. The van der Waals surface area contributed by atoms with E-state index in [1.54, 1.807) is 0 Å². The van der Waals surface area contributed by atoms with Gasteiger partial charge in [0.1, 0.15) is 4.75 Å². The van der Waals surface area contributed by atoms with Crippen LogP contribution in [0.2, 0.25) is 0 Å². The molecule has 0 aromatic carbocycles. The third-order valence-corrected chi connectivity index (χ3v) is 5.89. The lowest BCUT2D eigenvalue weighted by Gasteiger charge is -2.35. The third-order valence-electron chi connectivity index (χ3n) is 3.00. The predicted molar refractivity (Wildman–Crippen MR) is 69.9 cm³/mol. The molecule has 0 aromatic heterocycles. The second kappa shape index (κ2) is 6.05. The number of piperidine rings is 1. The molecule has 98 valence electrons. The van der Waals surface area contributed by atoms with Crippen LogP contribution in [0.15, 0.2) is 0 Å². The molecule has 1 fully saturated rings. The highest BCUT2D eigenvalue weighted by atomic mass is 32.2. The Labute approximate surface area is 108 Å². The molecule has 1 aliphatic heterocycles. The first-order valence-corrected chi connectivity index (χ1v) is 8.37. The van der Waals surface area contributed by atoms with Crippen molar-refractivity contribution in [1.82, 2.24) is 9.03 Å². The average molecular weight is 277 g/mol. The fourth-order valence-electron chi connectivity index (χ4n) is 1.77. The summed E-state index contributed by atoms with van der Waals surface area (Å²) in [7, 11) is -3.35. The first kappa shape index (κ1) is 14.8. The van der Waals surface area contributed by atoms with E-state index < -0.39 is 15.0 Å². The van der Waals surface area contributed by atoms with Crippen molar-refractivity contribution in [1.29, 1.82) is 5.26 Å². The van der Waals surface area contributed by atoms with Crippen LogP contribution in [0, 0.1) is 11.3 Å². The zero-order valence-electron chi connectivity index (χ0n) is 10.3. The SMILES string of the molecule is CCCNS(=O)(=O)N1CCC(C#N)(SC)CC1. The van der Waals surface area contributed by atoms with Gasteiger partial charge in [0.15, 0.2) is 0 Å². The summed E-state index contributed by atoms with van der Waals surface area (Å²) >= 11 is 1.52. The molecule has 0 aromatic rings. The van der Waals surface area contributed by atoms with Crippen LogP contribution in [0.3, 0.4) is 0 Å². The summed E-state index contributed by atoms with van der Waals surface area (Å²) < 4.78 is 27.3. The van der Waals surface area contributed by atoms with E-state index >= 15 is 0 Å². The number of thioether (sulfide) groups is 1. The summed E-state index contributed by atoms with van der Waals surface area (Å²) in [6, 6.07) is 2.30. The monoisotopic (exact) mass is 277 g/mol. The Hall–Kier alpha value is -0.290. The zero-order chi connectivity index (χ0) is 12.9. The molecule has 17 heavy (non-hydrogen) atoms. The van der Waals surface area contributed by atoms with Gasteiger partial charge in [-0.1, -0.05) is 6.92 Å². The number of hydrogen-bond acceptors (Lipinski definition) is 4. The van der Waals surface area contributed by atoms with E-state index in [2.05, 4.69) is 10.8 Å². The molecule has 0 radical (unpaired) electrons.